The molecule has 1 fully saturated rings. The third kappa shape index (κ3) is 9.29. The minimum atomic E-state index is 0.253. The molecule has 0 aliphatic carbocycles. The van der Waals surface area contributed by atoms with E-state index in [1.807, 2.05) is 32.0 Å². The van der Waals surface area contributed by atoms with Crippen LogP contribution < -0.4 is 16.0 Å². The van der Waals surface area contributed by atoms with Crippen molar-refractivity contribution in [2.24, 2.45) is 4.99 Å². The first kappa shape index (κ1) is 24.8. The Balaban J connectivity index is 1.54. The number of guanidine groups is 1. The molecule has 1 aromatic carbocycles. The van der Waals surface area contributed by atoms with E-state index in [-0.39, 0.29) is 5.75 Å². The molecular weight excluding hydrogens is 438 g/mol. The number of aromatic nitrogens is 2. The fourth-order valence-corrected chi connectivity index (χ4v) is 3.64. The number of nitrogens with one attached hydrogen (secondary N) is 3. The number of anilines is 1. The summed E-state index contributed by atoms with van der Waals surface area (Å²) in [6.45, 7) is 9.76. The van der Waals surface area contributed by atoms with Gasteiger partial charge in [-0.2, -0.15) is 0 Å². The van der Waals surface area contributed by atoms with Gasteiger partial charge in [0.05, 0.1) is 13.2 Å². The molecular formula is C23H33N7O2S. The number of nitrogens with zero attached hydrogens (tertiary/aromatic N) is 4. The highest BCUT2D eigenvalue weighted by Crippen LogP contribution is 2.10. The van der Waals surface area contributed by atoms with Gasteiger partial charge in [-0.05, 0) is 69.2 Å². The van der Waals surface area contributed by atoms with Gasteiger partial charge in [0, 0.05) is 37.6 Å². The van der Waals surface area contributed by atoms with Gasteiger partial charge in [0.2, 0.25) is 11.9 Å². The standard InChI is InChI=1S/C23H33N7O2S/c1-17-16-18(2)27-22(26-17)28-21(24-10-8-19-4-6-20(31)7-5-19)29-23(33)25-9-3-11-30-12-14-32-15-13-30/h4-7,16,31H,3,8-15H2,1-2H3,(H3,24,25,26,27,28,29,33). The highest BCUT2D eigenvalue weighted by Gasteiger charge is 2.10. The summed E-state index contributed by atoms with van der Waals surface area (Å²) in [6.07, 6.45) is 1.71. The zero-order chi connectivity index (χ0) is 23.5. The Bertz CT molecular complexity index is 911. The van der Waals surface area contributed by atoms with Crippen molar-refractivity contribution in [3.8, 4) is 5.75 Å². The molecule has 178 valence electrons. The second-order valence-electron chi connectivity index (χ2n) is 7.93. The minimum Gasteiger partial charge on any atom is -0.508 e. The summed E-state index contributed by atoms with van der Waals surface area (Å²) >= 11 is 5.48. The number of morpholine rings is 1. The molecule has 4 N–H and O–H groups in total. The minimum absolute atomic E-state index is 0.253. The maximum absolute atomic E-state index is 9.45. The number of aryl methyl sites for hydroxylation is 2. The fourth-order valence-electron chi connectivity index (χ4n) is 3.44. The van der Waals surface area contributed by atoms with E-state index in [2.05, 4.69) is 35.8 Å². The lowest BCUT2D eigenvalue weighted by atomic mass is 10.1. The van der Waals surface area contributed by atoms with Crippen LogP contribution in [0.15, 0.2) is 35.3 Å². The molecule has 33 heavy (non-hydrogen) atoms. The van der Waals surface area contributed by atoms with E-state index in [1.165, 1.54) is 0 Å². The predicted molar refractivity (Wildman–Crippen MR) is 135 cm³/mol. The Morgan fingerprint density at radius 3 is 2.55 bits per heavy atom. The van der Waals surface area contributed by atoms with E-state index in [0.717, 1.165) is 69.2 Å². The molecule has 0 atom stereocenters. The summed E-state index contributed by atoms with van der Waals surface area (Å²) in [4.78, 5) is 15.9. The fraction of sp³-hybridized carbons (Fsp3) is 0.478. The molecule has 1 aliphatic heterocycles. The van der Waals surface area contributed by atoms with Gasteiger partial charge in [0.1, 0.15) is 5.75 Å². The molecule has 1 aliphatic rings. The van der Waals surface area contributed by atoms with Crippen LogP contribution in [0.3, 0.4) is 0 Å². The van der Waals surface area contributed by atoms with Crippen LogP contribution in [0.5, 0.6) is 5.75 Å². The molecule has 0 saturated carbocycles. The average molecular weight is 472 g/mol. The SMILES string of the molecule is Cc1cc(C)nc(NC(=NCCc2ccc(O)cc2)NC(=S)NCCCN2CCOCC2)n1. The Labute approximate surface area is 200 Å². The van der Waals surface area contributed by atoms with Gasteiger partial charge >= 0.3 is 0 Å². The molecule has 3 rings (SSSR count). The van der Waals surface area contributed by atoms with Crippen molar-refractivity contribution in [1.29, 1.82) is 0 Å². The summed E-state index contributed by atoms with van der Waals surface area (Å²) in [5.74, 6) is 1.21. The number of ether oxygens (including phenoxy) is 1. The summed E-state index contributed by atoms with van der Waals surface area (Å²) in [5.41, 5.74) is 2.83. The van der Waals surface area contributed by atoms with E-state index < -0.39 is 0 Å². The second-order valence-corrected chi connectivity index (χ2v) is 8.34. The molecule has 0 radical (unpaired) electrons. The van der Waals surface area contributed by atoms with Gasteiger partial charge in [0.15, 0.2) is 5.11 Å². The molecule has 10 heteroatoms. The number of hydrogen-bond acceptors (Lipinski definition) is 7. The zero-order valence-electron chi connectivity index (χ0n) is 19.3. The lowest BCUT2D eigenvalue weighted by Crippen LogP contribution is -2.44. The van der Waals surface area contributed by atoms with Crippen molar-refractivity contribution in [2.45, 2.75) is 26.7 Å². The van der Waals surface area contributed by atoms with Gasteiger partial charge in [-0.3, -0.25) is 15.2 Å². The number of benzene rings is 1. The molecule has 0 amide bonds. The van der Waals surface area contributed by atoms with Crippen LogP contribution in [0.2, 0.25) is 0 Å². The monoisotopic (exact) mass is 471 g/mol. The predicted octanol–water partition coefficient (Wildman–Crippen LogP) is 2.00. The Morgan fingerprint density at radius 2 is 1.85 bits per heavy atom. The molecule has 1 saturated heterocycles. The number of rotatable bonds is 8. The van der Waals surface area contributed by atoms with Crippen LogP contribution >= 0.6 is 12.2 Å². The van der Waals surface area contributed by atoms with Crippen molar-refractivity contribution in [3.63, 3.8) is 0 Å². The smallest absolute Gasteiger partial charge is 0.229 e. The first-order valence-corrected chi connectivity index (χ1v) is 11.7. The van der Waals surface area contributed by atoms with Crippen LogP contribution in [0.1, 0.15) is 23.4 Å². The van der Waals surface area contributed by atoms with Crippen LogP contribution in [-0.4, -0.2) is 77.0 Å². The number of thiocarbonyl (C=S) groups is 1. The van der Waals surface area contributed by atoms with Gasteiger partial charge < -0.3 is 20.5 Å². The topological polar surface area (TPSA) is 107 Å². The number of hydrogen-bond donors (Lipinski definition) is 4. The van der Waals surface area contributed by atoms with Gasteiger partial charge in [-0.1, -0.05) is 12.1 Å². The van der Waals surface area contributed by atoms with Crippen molar-refractivity contribution in [3.05, 3.63) is 47.3 Å². The second kappa shape index (κ2) is 13.0. The maximum Gasteiger partial charge on any atom is 0.229 e. The van der Waals surface area contributed by atoms with Crippen LogP contribution in [0.4, 0.5) is 5.95 Å². The third-order valence-electron chi connectivity index (χ3n) is 5.09. The van der Waals surface area contributed by atoms with Gasteiger partial charge in [-0.25, -0.2) is 9.97 Å². The lowest BCUT2D eigenvalue weighted by molar-refractivity contribution is 0.0376. The van der Waals surface area contributed by atoms with E-state index in [4.69, 9.17) is 17.0 Å². The third-order valence-corrected chi connectivity index (χ3v) is 5.34. The quantitative estimate of drug-likeness (QED) is 0.199. The highest BCUT2D eigenvalue weighted by atomic mass is 32.1. The number of phenols is 1. The maximum atomic E-state index is 9.45. The molecule has 0 unspecified atom stereocenters. The Morgan fingerprint density at radius 1 is 1.15 bits per heavy atom. The first-order valence-electron chi connectivity index (χ1n) is 11.2. The van der Waals surface area contributed by atoms with Crippen LogP contribution in [-0.2, 0) is 11.2 Å². The lowest BCUT2D eigenvalue weighted by Gasteiger charge is -2.26. The normalized spacial score (nSPS) is 14.7. The summed E-state index contributed by atoms with van der Waals surface area (Å²) in [5, 5.41) is 19.5. The molecule has 2 heterocycles. The van der Waals surface area contributed by atoms with Crippen molar-refractivity contribution in [2.75, 3.05) is 51.3 Å². The van der Waals surface area contributed by atoms with Crippen LogP contribution in [0, 0.1) is 13.8 Å². The molecule has 0 bridgehead atoms. The largest absolute Gasteiger partial charge is 0.508 e. The Hall–Kier alpha value is -2.82. The van der Waals surface area contributed by atoms with E-state index >= 15 is 0 Å². The Kier molecular flexibility index (Phi) is 9.79. The highest BCUT2D eigenvalue weighted by molar-refractivity contribution is 7.80. The number of aromatic hydroxyl groups is 1. The number of phenolic OH excluding ortho intramolecular Hbond substituents is 1. The van der Waals surface area contributed by atoms with Crippen molar-refractivity contribution >= 4 is 29.2 Å². The van der Waals surface area contributed by atoms with Crippen LogP contribution in [0.25, 0.3) is 0 Å². The summed E-state index contributed by atoms with van der Waals surface area (Å²) in [6, 6.07) is 9.05. The molecule has 9 nitrogen and oxygen atoms in total. The van der Waals surface area contributed by atoms with Gasteiger partial charge in [-0.15, -0.1) is 0 Å². The van der Waals surface area contributed by atoms with Crippen molar-refractivity contribution < 1.29 is 9.84 Å². The van der Waals surface area contributed by atoms with E-state index in [0.29, 0.717) is 23.6 Å². The van der Waals surface area contributed by atoms with Crippen molar-refractivity contribution in [1.82, 2.24) is 25.5 Å². The summed E-state index contributed by atoms with van der Waals surface area (Å²) < 4.78 is 5.39. The average Bonchev–Trinajstić information content (AvgIpc) is 2.78. The molecule has 0 spiro atoms. The molecule has 2 aromatic rings. The van der Waals surface area contributed by atoms with Gasteiger partial charge in [0.25, 0.3) is 0 Å². The zero-order valence-corrected chi connectivity index (χ0v) is 20.1. The van der Waals surface area contributed by atoms with E-state index in [1.54, 1.807) is 12.1 Å². The van der Waals surface area contributed by atoms with E-state index in [9.17, 15) is 5.11 Å². The number of aliphatic imine (C=N–C) groups is 1. The summed E-state index contributed by atoms with van der Waals surface area (Å²) in [7, 11) is 0. The molecule has 1 aromatic heterocycles. The first-order chi connectivity index (χ1) is 16.0.